The van der Waals surface area contributed by atoms with Crippen LogP contribution in [0.3, 0.4) is 0 Å². The lowest BCUT2D eigenvalue weighted by Crippen LogP contribution is -2.50. The van der Waals surface area contributed by atoms with Crippen molar-refractivity contribution in [2.75, 3.05) is 7.11 Å². The molecule has 10 rings (SSSR count). The van der Waals surface area contributed by atoms with Crippen molar-refractivity contribution >= 4 is 12.1 Å². The van der Waals surface area contributed by atoms with E-state index in [1.807, 2.05) is 24.3 Å². The lowest BCUT2D eigenvalue weighted by molar-refractivity contribution is -0.0120. The third kappa shape index (κ3) is 3.69. The topological polar surface area (TPSA) is 79.4 Å². The van der Waals surface area contributed by atoms with Crippen molar-refractivity contribution in [2.24, 2.45) is 40.6 Å². The Balaban J connectivity index is 1.13. The van der Waals surface area contributed by atoms with Crippen LogP contribution in [-0.4, -0.2) is 29.2 Å². The number of carbonyl (C=O) groups is 1. The van der Waals surface area contributed by atoms with Crippen molar-refractivity contribution in [1.29, 1.82) is 0 Å². The van der Waals surface area contributed by atoms with E-state index in [1.54, 1.807) is 13.3 Å². The first-order chi connectivity index (χ1) is 18.5. The van der Waals surface area contributed by atoms with Crippen LogP contribution in [0.1, 0.15) is 105 Å². The molecule has 0 saturated heterocycles. The molecule has 0 unspecified atom stereocenters. The Hall–Kier alpha value is -2.63. The highest BCUT2D eigenvalue weighted by Crippen LogP contribution is 2.63. The van der Waals surface area contributed by atoms with Crippen molar-refractivity contribution in [1.82, 2.24) is 15.4 Å². The van der Waals surface area contributed by atoms with Crippen LogP contribution in [0.2, 0.25) is 0 Å². The number of hydrogen-bond acceptors (Lipinski definition) is 4. The molecule has 2 aromatic rings. The van der Waals surface area contributed by atoms with Crippen LogP contribution in [0.15, 0.2) is 29.4 Å². The number of aromatic nitrogens is 2. The number of rotatable bonds is 6. The van der Waals surface area contributed by atoms with Gasteiger partial charge >= 0.3 is 0 Å². The normalized spacial score (nSPS) is 40.2. The molecule has 0 radical (unpaired) electrons. The molecule has 8 aliphatic rings. The third-order valence-corrected chi connectivity index (χ3v) is 11.5. The van der Waals surface area contributed by atoms with Crippen LogP contribution in [0, 0.1) is 35.5 Å². The van der Waals surface area contributed by atoms with Gasteiger partial charge in [-0.2, -0.15) is 5.10 Å². The molecule has 0 aliphatic heterocycles. The predicted molar refractivity (Wildman–Crippen MR) is 146 cm³/mol. The van der Waals surface area contributed by atoms with Gasteiger partial charge in [0, 0.05) is 10.8 Å². The average Bonchev–Trinajstić information content (AvgIpc) is 3.35. The number of aromatic amines is 1. The highest BCUT2D eigenvalue weighted by molar-refractivity contribution is 5.94. The van der Waals surface area contributed by atoms with E-state index >= 15 is 0 Å². The summed E-state index contributed by atoms with van der Waals surface area (Å²) >= 11 is 0. The number of hydrogen-bond donors (Lipinski definition) is 2. The first-order valence-corrected chi connectivity index (χ1v) is 15.1. The Labute approximate surface area is 225 Å². The Morgan fingerprint density at radius 3 is 1.87 bits per heavy atom. The molecule has 1 heterocycles. The van der Waals surface area contributed by atoms with Gasteiger partial charge in [0.05, 0.1) is 19.0 Å². The molecular formula is C32H40N4O2. The summed E-state index contributed by atoms with van der Waals surface area (Å²) in [6.45, 7) is 0. The summed E-state index contributed by atoms with van der Waals surface area (Å²) in [6.07, 6.45) is 17.5. The van der Waals surface area contributed by atoms with Crippen LogP contribution < -0.4 is 10.2 Å². The van der Waals surface area contributed by atoms with E-state index in [-0.39, 0.29) is 16.7 Å². The molecule has 0 atom stereocenters. The molecule has 8 aliphatic carbocycles. The minimum Gasteiger partial charge on any atom is -0.497 e. The van der Waals surface area contributed by atoms with Gasteiger partial charge in [0.1, 0.15) is 11.6 Å². The quantitative estimate of drug-likeness (QED) is 0.362. The van der Waals surface area contributed by atoms with Crippen LogP contribution in [0.4, 0.5) is 0 Å². The highest BCUT2D eigenvalue weighted by Gasteiger charge is 2.56. The van der Waals surface area contributed by atoms with Crippen LogP contribution in [-0.2, 0) is 10.8 Å². The number of benzene rings is 1. The molecule has 1 aromatic heterocycles. The first-order valence-electron chi connectivity index (χ1n) is 15.1. The zero-order valence-corrected chi connectivity index (χ0v) is 22.5. The van der Waals surface area contributed by atoms with Crippen molar-refractivity contribution in [3.05, 3.63) is 47.0 Å². The number of nitrogens with one attached hydrogen (secondary N) is 2. The van der Waals surface area contributed by atoms with Crippen molar-refractivity contribution in [3.63, 3.8) is 0 Å². The van der Waals surface area contributed by atoms with Crippen molar-refractivity contribution < 1.29 is 9.53 Å². The summed E-state index contributed by atoms with van der Waals surface area (Å²) in [5, 5.41) is 4.34. The van der Waals surface area contributed by atoms with Gasteiger partial charge in [-0.1, -0.05) is 0 Å². The second-order valence-electron chi connectivity index (χ2n) is 14.2. The second kappa shape index (κ2) is 8.43. The molecular weight excluding hydrogens is 472 g/mol. The monoisotopic (exact) mass is 512 g/mol. The molecule has 6 nitrogen and oxygen atoms in total. The van der Waals surface area contributed by atoms with Gasteiger partial charge in [0.15, 0.2) is 5.69 Å². The SMILES string of the molecule is COc1ccc(/C=N/NC(=O)c2nc(C34CC5CC(CC(C5)C3)C4)[nH]c2C23CC4CC(CC(C4)C2)C3)cc1. The molecule has 8 fully saturated rings. The van der Waals surface area contributed by atoms with Crippen molar-refractivity contribution in [3.8, 4) is 5.75 Å². The number of hydrazone groups is 1. The zero-order chi connectivity index (χ0) is 25.5. The van der Waals surface area contributed by atoms with E-state index in [0.29, 0.717) is 5.69 Å². The van der Waals surface area contributed by atoms with E-state index in [1.165, 1.54) is 77.0 Å². The van der Waals surface area contributed by atoms with Crippen molar-refractivity contribution in [2.45, 2.75) is 87.9 Å². The van der Waals surface area contributed by atoms with Crippen LogP contribution >= 0.6 is 0 Å². The maximum absolute atomic E-state index is 13.8. The van der Waals surface area contributed by atoms with Gasteiger partial charge in [-0.15, -0.1) is 0 Å². The molecule has 200 valence electrons. The van der Waals surface area contributed by atoms with Gasteiger partial charge in [0.2, 0.25) is 0 Å². The van der Waals surface area contributed by atoms with E-state index in [2.05, 4.69) is 15.5 Å². The van der Waals surface area contributed by atoms with Gasteiger partial charge in [0.25, 0.3) is 5.91 Å². The van der Waals surface area contributed by atoms with Crippen LogP contribution in [0.5, 0.6) is 5.75 Å². The smallest absolute Gasteiger partial charge is 0.291 e. The maximum atomic E-state index is 13.8. The zero-order valence-electron chi connectivity index (χ0n) is 22.5. The highest BCUT2D eigenvalue weighted by atomic mass is 16.5. The van der Waals surface area contributed by atoms with Gasteiger partial charge in [-0.25, -0.2) is 10.4 Å². The molecule has 1 aromatic carbocycles. The average molecular weight is 513 g/mol. The molecule has 8 saturated carbocycles. The number of methoxy groups -OCH3 is 1. The largest absolute Gasteiger partial charge is 0.497 e. The van der Waals surface area contributed by atoms with Gasteiger partial charge in [-0.05, 0) is 142 Å². The number of carbonyl (C=O) groups excluding carboxylic acids is 1. The molecule has 6 heteroatoms. The minimum atomic E-state index is -0.160. The Bertz CT molecular complexity index is 1200. The van der Waals surface area contributed by atoms with Gasteiger partial charge < -0.3 is 9.72 Å². The maximum Gasteiger partial charge on any atom is 0.291 e. The van der Waals surface area contributed by atoms with E-state index < -0.39 is 0 Å². The second-order valence-corrected chi connectivity index (χ2v) is 14.2. The minimum absolute atomic E-state index is 0.0919. The Kier molecular flexibility index (Phi) is 5.16. The summed E-state index contributed by atoms with van der Waals surface area (Å²) in [5.41, 5.74) is 5.80. The fourth-order valence-corrected chi connectivity index (χ4v) is 10.9. The van der Waals surface area contributed by atoms with E-state index in [4.69, 9.17) is 9.72 Å². The molecule has 38 heavy (non-hydrogen) atoms. The van der Waals surface area contributed by atoms with E-state index in [9.17, 15) is 4.79 Å². The standard InChI is InChI=1S/C32H40N4O2/c1-38-26-4-2-19(3-5-26)18-33-36-29(37)27-28(31-12-20-6-21(13-31)8-22(7-20)14-31)35-30(34-27)32-15-23-9-24(16-32)11-25(10-23)17-32/h2-5,18,20-25H,6-17H2,1H3,(H,34,35)(H,36,37)/b33-18+. The summed E-state index contributed by atoms with van der Waals surface area (Å²) < 4.78 is 5.25. The number of imidazole rings is 1. The number of H-pyrrole nitrogens is 1. The third-order valence-electron chi connectivity index (χ3n) is 11.5. The first kappa shape index (κ1) is 23.3. The Morgan fingerprint density at radius 2 is 1.37 bits per heavy atom. The predicted octanol–water partition coefficient (Wildman–Crippen LogP) is 6.12. The fourth-order valence-electron chi connectivity index (χ4n) is 10.9. The number of nitrogens with zero attached hydrogens (tertiary/aromatic N) is 2. The summed E-state index contributed by atoms with van der Waals surface area (Å²) in [5.74, 6) is 6.77. The molecule has 8 bridgehead atoms. The van der Waals surface area contributed by atoms with Crippen LogP contribution in [0.25, 0.3) is 0 Å². The van der Waals surface area contributed by atoms with E-state index in [0.717, 1.165) is 58.3 Å². The summed E-state index contributed by atoms with van der Waals surface area (Å²) in [4.78, 5) is 23.0. The summed E-state index contributed by atoms with van der Waals surface area (Å²) in [6, 6.07) is 7.68. The molecule has 2 N–H and O–H groups in total. The summed E-state index contributed by atoms with van der Waals surface area (Å²) in [7, 11) is 1.66. The number of ether oxygens (including phenoxy) is 1. The van der Waals surface area contributed by atoms with Gasteiger partial charge in [-0.3, -0.25) is 4.79 Å². The Morgan fingerprint density at radius 1 is 0.868 bits per heavy atom. The number of amides is 1. The fraction of sp³-hybridized carbons (Fsp3) is 0.656. The lowest BCUT2D eigenvalue weighted by atomic mass is 9.48. The lowest BCUT2D eigenvalue weighted by Gasteiger charge is -2.57. The molecule has 0 spiro atoms. The molecule has 1 amide bonds.